The quantitative estimate of drug-likeness (QED) is 0.703. The van der Waals surface area contributed by atoms with Gasteiger partial charge in [0.25, 0.3) is 5.91 Å². The number of rotatable bonds is 4. The molecule has 2 heterocycles. The molecular weight excluding hydrogens is 350 g/mol. The van der Waals surface area contributed by atoms with Crippen molar-refractivity contribution in [3.05, 3.63) is 59.6 Å². The van der Waals surface area contributed by atoms with Crippen molar-refractivity contribution in [3.8, 4) is 0 Å². The molecule has 1 amide bonds. The van der Waals surface area contributed by atoms with E-state index >= 15 is 0 Å². The summed E-state index contributed by atoms with van der Waals surface area (Å²) in [5, 5.41) is 8.45. The Bertz CT molecular complexity index is 903. The van der Waals surface area contributed by atoms with Crippen LogP contribution in [0.5, 0.6) is 0 Å². The van der Waals surface area contributed by atoms with Gasteiger partial charge >= 0.3 is 0 Å². The lowest BCUT2D eigenvalue weighted by atomic mass is 9.90. The van der Waals surface area contributed by atoms with Gasteiger partial charge in [0.1, 0.15) is 0 Å². The summed E-state index contributed by atoms with van der Waals surface area (Å²) in [6.45, 7) is 0. The minimum absolute atomic E-state index is 0.136. The summed E-state index contributed by atoms with van der Waals surface area (Å²) in [4.78, 5) is 16.5. The van der Waals surface area contributed by atoms with Gasteiger partial charge in [-0.05, 0) is 62.1 Å². The van der Waals surface area contributed by atoms with E-state index in [4.69, 9.17) is 16.0 Å². The summed E-state index contributed by atoms with van der Waals surface area (Å²) in [6.07, 6.45) is 7.21. The van der Waals surface area contributed by atoms with E-state index in [2.05, 4.69) is 15.6 Å². The highest BCUT2D eigenvalue weighted by atomic mass is 35.5. The van der Waals surface area contributed by atoms with Crippen molar-refractivity contribution in [2.75, 3.05) is 5.32 Å². The highest BCUT2D eigenvalue weighted by Gasteiger charge is 2.23. The third-order valence-electron chi connectivity index (χ3n) is 4.87. The van der Waals surface area contributed by atoms with Crippen molar-refractivity contribution in [2.45, 2.75) is 37.8 Å². The monoisotopic (exact) mass is 369 g/mol. The molecule has 0 unspecified atom stereocenters. The number of nitrogens with one attached hydrogen (secondary N) is 2. The summed E-state index contributed by atoms with van der Waals surface area (Å²) in [6, 6.07) is 11.8. The fraction of sp³-hybridized carbons (Fsp3) is 0.300. The van der Waals surface area contributed by atoms with Crippen molar-refractivity contribution in [3.63, 3.8) is 0 Å². The molecule has 0 saturated heterocycles. The number of furan rings is 1. The highest BCUT2D eigenvalue weighted by molar-refractivity contribution is 6.31. The normalized spacial score (nSPS) is 20.0. The van der Waals surface area contributed by atoms with Gasteiger partial charge < -0.3 is 15.1 Å². The molecule has 0 aliphatic heterocycles. The number of aromatic nitrogens is 1. The molecule has 1 aromatic carbocycles. The van der Waals surface area contributed by atoms with Gasteiger partial charge in [0.05, 0.1) is 11.8 Å². The Labute approximate surface area is 156 Å². The Morgan fingerprint density at radius 2 is 1.92 bits per heavy atom. The number of carbonyl (C=O) groups excluding carboxylic acids is 1. The highest BCUT2D eigenvalue weighted by Crippen LogP contribution is 2.28. The predicted molar refractivity (Wildman–Crippen MR) is 103 cm³/mol. The number of halogens is 1. The number of nitrogens with zero attached hydrogens (tertiary/aromatic N) is 1. The molecule has 0 spiro atoms. The fourth-order valence-electron chi connectivity index (χ4n) is 3.51. The van der Waals surface area contributed by atoms with Crippen LogP contribution < -0.4 is 10.6 Å². The van der Waals surface area contributed by atoms with Crippen LogP contribution in [-0.2, 0) is 0 Å². The maximum absolute atomic E-state index is 12.1. The van der Waals surface area contributed by atoms with Gasteiger partial charge in [-0.15, -0.1) is 0 Å². The lowest BCUT2D eigenvalue weighted by molar-refractivity contribution is 0.0898. The SMILES string of the molecule is O=C(NC1CCC(Nc2ccnc3cc(Cl)ccc23)CC1)c1ccco1. The van der Waals surface area contributed by atoms with E-state index in [1.165, 1.54) is 6.26 Å². The van der Waals surface area contributed by atoms with Gasteiger partial charge in [-0.25, -0.2) is 0 Å². The van der Waals surface area contributed by atoms with Gasteiger partial charge in [-0.2, -0.15) is 0 Å². The van der Waals surface area contributed by atoms with Crippen LogP contribution in [0.1, 0.15) is 36.2 Å². The largest absolute Gasteiger partial charge is 0.459 e. The van der Waals surface area contributed by atoms with E-state index in [1.54, 1.807) is 18.3 Å². The Morgan fingerprint density at radius 3 is 2.69 bits per heavy atom. The van der Waals surface area contributed by atoms with Gasteiger partial charge in [-0.1, -0.05) is 11.6 Å². The first kappa shape index (κ1) is 16.9. The third kappa shape index (κ3) is 3.68. The van der Waals surface area contributed by atoms with Gasteiger partial charge in [0.15, 0.2) is 5.76 Å². The van der Waals surface area contributed by atoms with Crippen molar-refractivity contribution >= 4 is 34.1 Å². The van der Waals surface area contributed by atoms with Crippen molar-refractivity contribution in [2.24, 2.45) is 0 Å². The lowest BCUT2D eigenvalue weighted by Gasteiger charge is -2.30. The number of pyridine rings is 1. The first-order valence-corrected chi connectivity index (χ1v) is 9.22. The average Bonchev–Trinajstić information content (AvgIpc) is 3.18. The molecule has 26 heavy (non-hydrogen) atoms. The number of hydrogen-bond donors (Lipinski definition) is 2. The molecule has 0 radical (unpaired) electrons. The minimum Gasteiger partial charge on any atom is -0.459 e. The van der Waals surface area contributed by atoms with E-state index in [0.717, 1.165) is 42.3 Å². The van der Waals surface area contributed by atoms with Gasteiger partial charge in [0, 0.05) is 34.4 Å². The molecule has 1 saturated carbocycles. The second-order valence-electron chi connectivity index (χ2n) is 6.66. The molecule has 1 fully saturated rings. The fourth-order valence-corrected chi connectivity index (χ4v) is 3.68. The van der Waals surface area contributed by atoms with E-state index in [0.29, 0.717) is 16.8 Å². The smallest absolute Gasteiger partial charge is 0.287 e. The third-order valence-corrected chi connectivity index (χ3v) is 5.11. The Balaban J connectivity index is 1.36. The molecule has 6 heteroatoms. The summed E-state index contributed by atoms with van der Waals surface area (Å²) >= 11 is 6.06. The zero-order valence-electron chi connectivity index (χ0n) is 14.2. The molecule has 0 bridgehead atoms. The van der Waals surface area contributed by atoms with Crippen LogP contribution in [-0.4, -0.2) is 23.0 Å². The molecule has 3 aromatic rings. The summed E-state index contributed by atoms with van der Waals surface area (Å²) in [5.74, 6) is 0.232. The number of carbonyl (C=O) groups is 1. The van der Waals surface area contributed by atoms with E-state index < -0.39 is 0 Å². The number of amides is 1. The van der Waals surface area contributed by atoms with E-state index in [1.807, 2.05) is 24.3 Å². The first-order valence-electron chi connectivity index (χ1n) is 8.84. The average molecular weight is 370 g/mol. The molecule has 2 N–H and O–H groups in total. The van der Waals surface area contributed by atoms with Crippen molar-refractivity contribution in [1.29, 1.82) is 0 Å². The van der Waals surface area contributed by atoms with Crippen LogP contribution in [0, 0.1) is 0 Å². The lowest BCUT2D eigenvalue weighted by Crippen LogP contribution is -2.40. The van der Waals surface area contributed by atoms with Gasteiger partial charge in [0.2, 0.25) is 0 Å². The molecule has 2 aromatic heterocycles. The Kier molecular flexibility index (Phi) is 4.80. The second kappa shape index (κ2) is 7.38. The van der Waals surface area contributed by atoms with E-state index in [9.17, 15) is 4.79 Å². The number of benzene rings is 1. The van der Waals surface area contributed by atoms with Crippen LogP contribution in [0.4, 0.5) is 5.69 Å². The van der Waals surface area contributed by atoms with Crippen LogP contribution in [0.25, 0.3) is 10.9 Å². The molecule has 4 rings (SSSR count). The van der Waals surface area contributed by atoms with E-state index in [-0.39, 0.29) is 11.9 Å². The summed E-state index contributed by atoms with van der Waals surface area (Å²) in [7, 11) is 0. The predicted octanol–water partition coefficient (Wildman–Crippen LogP) is 4.63. The zero-order valence-corrected chi connectivity index (χ0v) is 15.0. The van der Waals surface area contributed by atoms with Crippen LogP contribution in [0.3, 0.4) is 0 Å². The maximum atomic E-state index is 12.1. The Morgan fingerprint density at radius 1 is 1.12 bits per heavy atom. The molecular formula is C20H20ClN3O2. The topological polar surface area (TPSA) is 67.2 Å². The molecule has 0 atom stereocenters. The summed E-state index contributed by atoms with van der Waals surface area (Å²) in [5.41, 5.74) is 1.97. The van der Waals surface area contributed by atoms with Crippen LogP contribution >= 0.6 is 11.6 Å². The number of fused-ring (bicyclic) bond motifs is 1. The Hall–Kier alpha value is -2.53. The van der Waals surface area contributed by atoms with Gasteiger partial charge in [-0.3, -0.25) is 9.78 Å². The van der Waals surface area contributed by atoms with Crippen LogP contribution in [0.15, 0.2) is 53.3 Å². The minimum atomic E-state index is -0.136. The number of anilines is 1. The molecule has 134 valence electrons. The van der Waals surface area contributed by atoms with Crippen LogP contribution in [0.2, 0.25) is 5.02 Å². The molecule has 1 aliphatic carbocycles. The maximum Gasteiger partial charge on any atom is 0.287 e. The number of hydrogen-bond acceptors (Lipinski definition) is 4. The summed E-state index contributed by atoms with van der Waals surface area (Å²) < 4.78 is 5.15. The molecule has 1 aliphatic rings. The standard InChI is InChI=1S/C20H20ClN3O2/c21-13-3-8-16-17(9-10-22-18(16)12-13)23-14-4-6-15(7-5-14)24-20(25)19-2-1-11-26-19/h1-3,8-12,14-15H,4-7H2,(H,22,23)(H,24,25). The zero-order chi connectivity index (χ0) is 17.9. The van der Waals surface area contributed by atoms with Crippen molar-refractivity contribution < 1.29 is 9.21 Å². The molecule has 5 nitrogen and oxygen atoms in total. The first-order chi connectivity index (χ1) is 12.7. The second-order valence-corrected chi connectivity index (χ2v) is 7.10. The van der Waals surface area contributed by atoms with Crippen molar-refractivity contribution in [1.82, 2.24) is 10.3 Å².